The van der Waals surface area contributed by atoms with Crippen LogP contribution in [0.5, 0.6) is 0 Å². The summed E-state index contributed by atoms with van der Waals surface area (Å²) in [5.74, 6) is -0.592. The third-order valence-corrected chi connectivity index (χ3v) is 5.77. The maximum absolute atomic E-state index is 12.4. The Hall–Kier alpha value is -0.960. The van der Waals surface area contributed by atoms with E-state index >= 15 is 0 Å². The third-order valence-electron chi connectivity index (χ3n) is 3.66. The lowest BCUT2D eigenvalue weighted by molar-refractivity contribution is 0.0599. The van der Waals surface area contributed by atoms with E-state index in [2.05, 4.69) is 30.3 Å². The number of esters is 1. The van der Waals surface area contributed by atoms with Crippen molar-refractivity contribution in [1.82, 2.24) is 9.62 Å². The molecule has 0 radical (unpaired) electrons. The SMILES string of the molecule is CCN(CC)C(C)CNS(=O)(=O)c1ccc(Br)c(C(=O)OC)c1. The molecule has 0 spiro atoms. The number of nitrogens with zero attached hydrogens (tertiary/aromatic N) is 1. The average molecular weight is 407 g/mol. The van der Waals surface area contributed by atoms with E-state index in [1.165, 1.54) is 25.3 Å². The van der Waals surface area contributed by atoms with Crippen LogP contribution < -0.4 is 4.72 Å². The number of nitrogens with one attached hydrogen (secondary N) is 1. The highest BCUT2D eigenvalue weighted by atomic mass is 79.9. The molecule has 130 valence electrons. The lowest BCUT2D eigenvalue weighted by Crippen LogP contribution is -2.41. The molecule has 0 fully saturated rings. The first kappa shape index (κ1) is 20.1. The van der Waals surface area contributed by atoms with Crippen molar-refractivity contribution in [2.75, 3.05) is 26.7 Å². The molecule has 0 aromatic heterocycles. The maximum atomic E-state index is 12.4. The van der Waals surface area contributed by atoms with Crippen molar-refractivity contribution in [3.8, 4) is 0 Å². The smallest absolute Gasteiger partial charge is 0.339 e. The second-order valence-electron chi connectivity index (χ2n) is 5.06. The number of hydrogen-bond acceptors (Lipinski definition) is 5. The van der Waals surface area contributed by atoms with E-state index in [4.69, 9.17) is 0 Å². The van der Waals surface area contributed by atoms with Gasteiger partial charge in [0.25, 0.3) is 0 Å². The normalized spacial score (nSPS) is 13.1. The number of ether oxygens (including phenoxy) is 1. The fraction of sp³-hybridized carbons (Fsp3) is 0.533. The van der Waals surface area contributed by atoms with Crippen molar-refractivity contribution in [3.05, 3.63) is 28.2 Å². The van der Waals surface area contributed by atoms with Crippen LogP contribution in [0.4, 0.5) is 0 Å². The van der Waals surface area contributed by atoms with Gasteiger partial charge in [0, 0.05) is 17.1 Å². The van der Waals surface area contributed by atoms with Gasteiger partial charge in [-0.15, -0.1) is 0 Å². The highest BCUT2D eigenvalue weighted by Gasteiger charge is 2.20. The molecule has 8 heteroatoms. The quantitative estimate of drug-likeness (QED) is 0.669. The number of rotatable bonds is 8. The fourth-order valence-electron chi connectivity index (χ4n) is 2.23. The van der Waals surface area contributed by atoms with Gasteiger partial charge in [-0.1, -0.05) is 13.8 Å². The van der Waals surface area contributed by atoms with Crippen molar-refractivity contribution < 1.29 is 17.9 Å². The molecule has 1 aromatic carbocycles. The van der Waals surface area contributed by atoms with E-state index in [9.17, 15) is 13.2 Å². The summed E-state index contributed by atoms with van der Waals surface area (Å²) < 4.78 is 32.6. The van der Waals surface area contributed by atoms with E-state index in [0.29, 0.717) is 11.0 Å². The minimum atomic E-state index is -3.69. The van der Waals surface area contributed by atoms with Crippen molar-refractivity contribution in [2.45, 2.75) is 31.7 Å². The molecule has 0 amide bonds. The monoisotopic (exact) mass is 406 g/mol. The second kappa shape index (κ2) is 8.77. The number of sulfonamides is 1. The first-order chi connectivity index (χ1) is 10.8. The van der Waals surface area contributed by atoms with Gasteiger partial charge in [0.2, 0.25) is 10.0 Å². The van der Waals surface area contributed by atoms with Gasteiger partial charge in [-0.05, 0) is 54.1 Å². The Balaban J connectivity index is 2.94. The largest absolute Gasteiger partial charge is 0.465 e. The molecule has 0 aliphatic rings. The van der Waals surface area contributed by atoms with Gasteiger partial charge >= 0.3 is 5.97 Å². The summed E-state index contributed by atoms with van der Waals surface area (Å²) in [6.07, 6.45) is 0. The van der Waals surface area contributed by atoms with Gasteiger partial charge in [0.1, 0.15) is 0 Å². The summed E-state index contributed by atoms with van der Waals surface area (Å²) in [5.41, 5.74) is 0.173. The predicted molar refractivity (Wildman–Crippen MR) is 93.1 cm³/mol. The van der Waals surface area contributed by atoms with Crippen LogP contribution in [0.2, 0.25) is 0 Å². The molecule has 0 heterocycles. The Morgan fingerprint density at radius 3 is 2.48 bits per heavy atom. The Morgan fingerprint density at radius 1 is 1.35 bits per heavy atom. The summed E-state index contributed by atoms with van der Waals surface area (Å²) in [6, 6.07) is 4.35. The molecule has 0 bridgehead atoms. The van der Waals surface area contributed by atoms with Gasteiger partial charge in [0.05, 0.1) is 17.6 Å². The zero-order valence-corrected chi connectivity index (χ0v) is 16.2. The number of halogens is 1. The lowest BCUT2D eigenvalue weighted by atomic mass is 10.2. The molecule has 0 saturated heterocycles. The average Bonchev–Trinajstić information content (AvgIpc) is 2.53. The zero-order chi connectivity index (χ0) is 17.6. The van der Waals surface area contributed by atoms with E-state index in [1.54, 1.807) is 0 Å². The standard InChI is InChI=1S/C15H23BrN2O4S/c1-5-18(6-2)11(3)10-17-23(20,21)12-7-8-14(16)13(9-12)15(19)22-4/h7-9,11,17H,5-6,10H2,1-4H3. The number of carbonyl (C=O) groups is 1. The molecule has 0 saturated carbocycles. The third kappa shape index (κ3) is 5.27. The van der Waals surface area contributed by atoms with Gasteiger partial charge in [-0.2, -0.15) is 0 Å². The van der Waals surface area contributed by atoms with Crippen LogP contribution >= 0.6 is 15.9 Å². The first-order valence-electron chi connectivity index (χ1n) is 7.38. The molecule has 1 N–H and O–H groups in total. The predicted octanol–water partition coefficient (Wildman–Crippen LogP) is 2.24. The Kier molecular flexibility index (Phi) is 7.66. The second-order valence-corrected chi connectivity index (χ2v) is 7.68. The Morgan fingerprint density at radius 2 is 1.96 bits per heavy atom. The first-order valence-corrected chi connectivity index (χ1v) is 9.66. The van der Waals surface area contributed by atoms with E-state index in [-0.39, 0.29) is 16.5 Å². The number of likely N-dealkylation sites (N-methyl/N-ethyl adjacent to an activating group) is 1. The molecule has 1 aromatic rings. The van der Waals surface area contributed by atoms with Crippen molar-refractivity contribution in [2.24, 2.45) is 0 Å². The lowest BCUT2D eigenvalue weighted by Gasteiger charge is -2.26. The zero-order valence-electron chi connectivity index (χ0n) is 13.8. The molecule has 6 nitrogen and oxygen atoms in total. The van der Waals surface area contributed by atoms with Crippen LogP contribution in [-0.2, 0) is 14.8 Å². The van der Waals surface area contributed by atoms with Crippen LogP contribution in [0, 0.1) is 0 Å². The molecule has 0 aliphatic carbocycles. The number of hydrogen-bond donors (Lipinski definition) is 1. The van der Waals surface area contributed by atoms with Crippen molar-refractivity contribution in [3.63, 3.8) is 0 Å². The Bertz CT molecular complexity index is 645. The molecule has 1 unspecified atom stereocenters. The van der Waals surface area contributed by atoms with Crippen LogP contribution in [0.1, 0.15) is 31.1 Å². The highest BCUT2D eigenvalue weighted by Crippen LogP contribution is 2.21. The van der Waals surface area contributed by atoms with E-state index in [0.717, 1.165) is 13.1 Å². The number of benzene rings is 1. The number of methoxy groups -OCH3 is 1. The van der Waals surface area contributed by atoms with Crippen molar-refractivity contribution in [1.29, 1.82) is 0 Å². The molecule has 23 heavy (non-hydrogen) atoms. The van der Waals surface area contributed by atoms with Crippen LogP contribution in [-0.4, -0.2) is 52.1 Å². The van der Waals surface area contributed by atoms with E-state index < -0.39 is 16.0 Å². The van der Waals surface area contributed by atoms with Gasteiger partial charge in [0.15, 0.2) is 0 Å². The van der Waals surface area contributed by atoms with Crippen LogP contribution in [0.25, 0.3) is 0 Å². The summed E-state index contributed by atoms with van der Waals surface area (Å²) >= 11 is 3.22. The fourth-order valence-corrected chi connectivity index (χ4v) is 3.78. The summed E-state index contributed by atoms with van der Waals surface area (Å²) in [5, 5.41) is 0. The molecule has 0 aliphatic heterocycles. The summed E-state index contributed by atoms with van der Waals surface area (Å²) in [4.78, 5) is 13.9. The summed E-state index contributed by atoms with van der Waals surface area (Å²) in [7, 11) is -2.44. The topological polar surface area (TPSA) is 75.7 Å². The van der Waals surface area contributed by atoms with Gasteiger partial charge in [-0.3, -0.25) is 4.90 Å². The van der Waals surface area contributed by atoms with Gasteiger partial charge in [-0.25, -0.2) is 17.9 Å². The molecule has 1 atom stereocenters. The van der Waals surface area contributed by atoms with E-state index in [1.807, 2.05) is 20.8 Å². The Labute approximate surface area is 146 Å². The minimum Gasteiger partial charge on any atom is -0.465 e. The molecular weight excluding hydrogens is 384 g/mol. The van der Waals surface area contributed by atoms with Crippen LogP contribution in [0.3, 0.4) is 0 Å². The van der Waals surface area contributed by atoms with Crippen LogP contribution in [0.15, 0.2) is 27.6 Å². The maximum Gasteiger partial charge on any atom is 0.339 e. The molecular formula is C15H23BrN2O4S. The minimum absolute atomic E-state index is 0.0350. The number of carbonyl (C=O) groups excluding carboxylic acids is 1. The highest BCUT2D eigenvalue weighted by molar-refractivity contribution is 9.10. The van der Waals surface area contributed by atoms with Gasteiger partial charge < -0.3 is 4.74 Å². The van der Waals surface area contributed by atoms with Crippen molar-refractivity contribution >= 4 is 31.9 Å². The molecule has 1 rings (SSSR count). The summed E-state index contributed by atoms with van der Waals surface area (Å²) in [6.45, 7) is 8.04.